The first-order chi connectivity index (χ1) is 12.9. The predicted molar refractivity (Wildman–Crippen MR) is 106 cm³/mol. The lowest BCUT2D eigenvalue weighted by Crippen LogP contribution is -2.51. The van der Waals surface area contributed by atoms with Crippen LogP contribution >= 0.6 is 15.9 Å². The minimum atomic E-state index is -0.721. The molecular formula is C18H22BrN5O3. The van der Waals surface area contributed by atoms with E-state index in [1.165, 1.54) is 4.57 Å². The number of carbonyl (C=O) groups is 1. The number of aliphatic carboxylic acids is 1. The number of pyridine rings is 2. The second kappa shape index (κ2) is 8.64. The number of aryl methyl sites for hydroxylation is 1. The van der Waals surface area contributed by atoms with E-state index in [1.54, 1.807) is 31.6 Å². The molecule has 2 aliphatic rings. The van der Waals surface area contributed by atoms with Gasteiger partial charge in [0, 0.05) is 37.0 Å². The van der Waals surface area contributed by atoms with Crippen LogP contribution in [0, 0.1) is 5.92 Å². The Morgan fingerprint density at radius 3 is 2.93 bits per heavy atom. The standard InChI is InChI=1S/C11H10BrN3O.C7H12N2O2/c1-15-7-8(12)6-9(11(15)16)14-10-4-2-3-5-13-10;10-7(11)6-3-5-1-2-9(4-5)8-6/h2-7H,1H3,(H,13,14);5-6,8H,1-4H2,(H,10,11). The third kappa shape index (κ3) is 5.15. The van der Waals surface area contributed by atoms with Crippen molar-refractivity contribution in [1.82, 2.24) is 20.0 Å². The lowest BCUT2D eigenvalue weighted by atomic mass is 9.99. The van der Waals surface area contributed by atoms with Crippen LogP contribution in [0.3, 0.4) is 0 Å². The Balaban J connectivity index is 0.000000166. The molecule has 8 nitrogen and oxygen atoms in total. The van der Waals surface area contributed by atoms with Crippen molar-refractivity contribution >= 4 is 33.4 Å². The van der Waals surface area contributed by atoms with Crippen molar-refractivity contribution in [2.24, 2.45) is 13.0 Å². The fraction of sp³-hybridized carbons (Fsp3) is 0.389. The molecule has 2 fully saturated rings. The van der Waals surface area contributed by atoms with E-state index in [-0.39, 0.29) is 11.6 Å². The first kappa shape index (κ1) is 19.5. The van der Waals surface area contributed by atoms with Crippen LogP contribution in [-0.2, 0) is 11.8 Å². The van der Waals surface area contributed by atoms with E-state index in [1.807, 2.05) is 17.1 Å². The van der Waals surface area contributed by atoms with Crippen molar-refractivity contribution < 1.29 is 9.90 Å². The van der Waals surface area contributed by atoms with Crippen LogP contribution < -0.4 is 16.3 Å². The van der Waals surface area contributed by atoms with Crippen LogP contribution in [0.5, 0.6) is 0 Å². The molecule has 4 heterocycles. The largest absolute Gasteiger partial charge is 0.480 e. The Hall–Kier alpha value is -2.23. The molecule has 0 amide bonds. The number of carboxylic acid groups (broad SMARTS) is 1. The molecule has 3 N–H and O–H groups in total. The Morgan fingerprint density at radius 1 is 1.44 bits per heavy atom. The third-order valence-corrected chi connectivity index (χ3v) is 5.00. The molecule has 0 spiro atoms. The van der Waals surface area contributed by atoms with Crippen LogP contribution in [-0.4, -0.2) is 44.8 Å². The summed E-state index contributed by atoms with van der Waals surface area (Å²) in [4.78, 5) is 26.5. The average molecular weight is 436 g/mol. The van der Waals surface area contributed by atoms with Crippen molar-refractivity contribution in [3.63, 3.8) is 0 Å². The number of nitrogens with zero attached hydrogens (tertiary/aromatic N) is 3. The van der Waals surface area contributed by atoms with E-state index >= 15 is 0 Å². The number of carboxylic acids is 1. The van der Waals surface area contributed by atoms with Crippen molar-refractivity contribution in [2.75, 3.05) is 18.4 Å². The van der Waals surface area contributed by atoms with Gasteiger partial charge in [0.05, 0.1) is 0 Å². The monoisotopic (exact) mass is 435 g/mol. The first-order valence-corrected chi connectivity index (χ1v) is 9.50. The zero-order valence-corrected chi connectivity index (χ0v) is 16.5. The minimum Gasteiger partial charge on any atom is -0.480 e. The van der Waals surface area contributed by atoms with E-state index in [0.717, 1.165) is 30.4 Å². The molecule has 4 rings (SSSR count). The summed E-state index contributed by atoms with van der Waals surface area (Å²) in [5.74, 6) is 0.539. The topological polar surface area (TPSA) is 99.5 Å². The first-order valence-electron chi connectivity index (χ1n) is 8.70. The van der Waals surface area contributed by atoms with E-state index in [4.69, 9.17) is 5.11 Å². The van der Waals surface area contributed by atoms with Crippen molar-refractivity contribution in [3.05, 3.63) is 51.5 Å². The van der Waals surface area contributed by atoms with Crippen LogP contribution in [0.1, 0.15) is 12.8 Å². The maximum atomic E-state index is 11.8. The Morgan fingerprint density at radius 2 is 2.26 bits per heavy atom. The van der Waals surface area contributed by atoms with E-state index in [2.05, 4.69) is 31.7 Å². The van der Waals surface area contributed by atoms with E-state index in [0.29, 0.717) is 17.4 Å². The molecule has 2 aromatic rings. The third-order valence-electron chi connectivity index (χ3n) is 4.57. The molecule has 2 aromatic heterocycles. The summed E-state index contributed by atoms with van der Waals surface area (Å²) in [6.07, 6.45) is 5.33. The van der Waals surface area contributed by atoms with Gasteiger partial charge in [0.2, 0.25) is 0 Å². The molecule has 2 aliphatic heterocycles. The lowest BCUT2D eigenvalue weighted by Gasteiger charge is -2.28. The molecule has 0 radical (unpaired) electrons. The summed E-state index contributed by atoms with van der Waals surface area (Å²) >= 11 is 3.34. The SMILES string of the molecule is Cn1cc(Br)cc(Nc2ccccn2)c1=O.O=C(O)C1CC2CCN(C2)N1. The maximum Gasteiger partial charge on any atom is 0.322 e. The highest BCUT2D eigenvalue weighted by Crippen LogP contribution is 2.24. The molecule has 3 unspecified atom stereocenters. The van der Waals surface area contributed by atoms with Crippen LogP contribution in [0.25, 0.3) is 0 Å². The smallest absolute Gasteiger partial charge is 0.322 e. The number of nitrogens with one attached hydrogen (secondary N) is 2. The van der Waals surface area contributed by atoms with Gasteiger partial charge in [-0.05, 0) is 52.9 Å². The molecule has 144 valence electrons. The highest BCUT2D eigenvalue weighted by Gasteiger charge is 2.35. The van der Waals surface area contributed by atoms with E-state index in [9.17, 15) is 9.59 Å². The molecule has 0 aliphatic carbocycles. The summed E-state index contributed by atoms with van der Waals surface area (Å²) in [5, 5.41) is 13.7. The lowest BCUT2D eigenvalue weighted by molar-refractivity contribution is -0.142. The zero-order chi connectivity index (χ0) is 19.4. The molecule has 9 heteroatoms. The van der Waals surface area contributed by atoms with Crippen LogP contribution in [0.15, 0.2) is 45.9 Å². The number of halogens is 1. The number of fused-ring (bicyclic) bond motifs is 2. The quantitative estimate of drug-likeness (QED) is 0.677. The summed E-state index contributed by atoms with van der Waals surface area (Å²) < 4.78 is 2.35. The average Bonchev–Trinajstić information content (AvgIpc) is 2.98. The minimum absolute atomic E-state index is 0.0890. The van der Waals surface area contributed by atoms with Crippen LogP contribution in [0.4, 0.5) is 11.5 Å². The fourth-order valence-corrected chi connectivity index (χ4v) is 3.78. The molecule has 0 saturated carbocycles. The summed E-state index contributed by atoms with van der Waals surface area (Å²) in [6, 6.07) is 6.88. The summed E-state index contributed by atoms with van der Waals surface area (Å²) in [7, 11) is 1.71. The van der Waals surface area contributed by atoms with Gasteiger partial charge in [-0.15, -0.1) is 0 Å². The molecule has 2 bridgehead atoms. The normalized spacial score (nSPS) is 23.3. The molecule has 3 atom stereocenters. The number of rotatable bonds is 3. The van der Waals surface area contributed by atoms with Gasteiger partial charge in [0.1, 0.15) is 17.5 Å². The number of hydrogen-bond acceptors (Lipinski definition) is 6. The number of hydrogen-bond donors (Lipinski definition) is 3. The van der Waals surface area contributed by atoms with E-state index < -0.39 is 5.97 Å². The van der Waals surface area contributed by atoms with Gasteiger partial charge in [-0.25, -0.2) is 15.4 Å². The number of hydrazine groups is 1. The number of aromatic nitrogens is 2. The van der Waals surface area contributed by atoms with Gasteiger partial charge < -0.3 is 15.0 Å². The van der Waals surface area contributed by atoms with Gasteiger partial charge in [-0.3, -0.25) is 9.59 Å². The highest BCUT2D eigenvalue weighted by molar-refractivity contribution is 9.10. The second-order valence-corrected chi connectivity index (χ2v) is 7.60. The Bertz CT molecular complexity index is 846. The molecular weight excluding hydrogens is 414 g/mol. The van der Waals surface area contributed by atoms with Gasteiger partial charge in [0.25, 0.3) is 5.56 Å². The zero-order valence-electron chi connectivity index (χ0n) is 14.9. The molecule has 2 saturated heterocycles. The van der Waals surface area contributed by atoms with Crippen LogP contribution in [0.2, 0.25) is 0 Å². The van der Waals surface area contributed by atoms with Gasteiger partial charge in [0.15, 0.2) is 0 Å². The Labute approximate surface area is 165 Å². The highest BCUT2D eigenvalue weighted by atomic mass is 79.9. The second-order valence-electron chi connectivity index (χ2n) is 6.68. The van der Waals surface area contributed by atoms with Gasteiger partial charge >= 0.3 is 5.97 Å². The van der Waals surface area contributed by atoms with Crippen molar-refractivity contribution in [2.45, 2.75) is 18.9 Å². The predicted octanol–water partition coefficient (Wildman–Crippen LogP) is 1.96. The molecule has 0 aromatic carbocycles. The van der Waals surface area contributed by atoms with Crippen molar-refractivity contribution in [3.8, 4) is 0 Å². The Kier molecular flexibility index (Phi) is 6.25. The summed E-state index contributed by atoms with van der Waals surface area (Å²) in [6.45, 7) is 2.04. The maximum absolute atomic E-state index is 11.8. The fourth-order valence-electron chi connectivity index (χ4n) is 3.24. The molecule has 27 heavy (non-hydrogen) atoms. The van der Waals surface area contributed by atoms with Crippen molar-refractivity contribution in [1.29, 1.82) is 0 Å². The van der Waals surface area contributed by atoms with Gasteiger partial charge in [-0.2, -0.15) is 0 Å². The number of anilines is 2. The summed E-state index contributed by atoms with van der Waals surface area (Å²) in [5.41, 5.74) is 3.38. The van der Waals surface area contributed by atoms with Gasteiger partial charge in [-0.1, -0.05) is 6.07 Å².